The molecular formula is C12H14N2O2. The molecule has 2 aromatic heterocycles. The number of aromatic nitrogens is 2. The fourth-order valence-electron chi connectivity index (χ4n) is 2.09. The molecule has 1 fully saturated rings. The molecule has 1 aliphatic heterocycles. The van der Waals surface area contributed by atoms with Crippen LogP contribution in [0, 0.1) is 5.92 Å². The third-order valence-electron chi connectivity index (χ3n) is 2.94. The van der Waals surface area contributed by atoms with E-state index in [1.807, 2.05) is 24.5 Å². The monoisotopic (exact) mass is 218 g/mol. The molecular weight excluding hydrogens is 204 g/mol. The number of furan rings is 1. The first-order valence-electron chi connectivity index (χ1n) is 5.56. The van der Waals surface area contributed by atoms with E-state index in [-0.39, 0.29) is 0 Å². The molecule has 16 heavy (non-hydrogen) atoms. The third kappa shape index (κ3) is 1.76. The van der Waals surface area contributed by atoms with Crippen LogP contribution in [-0.2, 0) is 11.3 Å². The third-order valence-corrected chi connectivity index (χ3v) is 2.94. The Bertz CT molecular complexity index is 441. The van der Waals surface area contributed by atoms with E-state index in [0.29, 0.717) is 5.92 Å². The van der Waals surface area contributed by atoms with Crippen molar-refractivity contribution in [2.24, 2.45) is 5.92 Å². The highest BCUT2D eigenvalue weighted by Gasteiger charge is 2.18. The Balaban J connectivity index is 1.82. The average Bonchev–Trinajstić information content (AvgIpc) is 2.98. The molecule has 1 unspecified atom stereocenters. The van der Waals surface area contributed by atoms with E-state index < -0.39 is 0 Å². The smallest absolute Gasteiger partial charge is 0.176 e. The lowest BCUT2D eigenvalue weighted by Crippen LogP contribution is -2.10. The summed E-state index contributed by atoms with van der Waals surface area (Å²) in [7, 11) is 0. The van der Waals surface area contributed by atoms with Crippen molar-refractivity contribution in [2.75, 3.05) is 13.2 Å². The predicted molar refractivity (Wildman–Crippen MR) is 58.9 cm³/mol. The van der Waals surface area contributed by atoms with Crippen LogP contribution >= 0.6 is 0 Å². The molecule has 2 aromatic rings. The second kappa shape index (κ2) is 4.14. The molecule has 0 aliphatic carbocycles. The lowest BCUT2D eigenvalue weighted by Gasteiger charge is -2.10. The van der Waals surface area contributed by atoms with Crippen molar-refractivity contribution in [3.63, 3.8) is 0 Å². The number of rotatable bonds is 3. The molecule has 1 aliphatic rings. The molecule has 1 atom stereocenters. The largest absolute Gasteiger partial charge is 0.461 e. The van der Waals surface area contributed by atoms with Crippen molar-refractivity contribution < 1.29 is 9.15 Å². The second-order valence-corrected chi connectivity index (χ2v) is 4.11. The average molecular weight is 218 g/mol. The molecule has 0 spiro atoms. The van der Waals surface area contributed by atoms with Gasteiger partial charge in [0, 0.05) is 31.5 Å². The zero-order chi connectivity index (χ0) is 10.8. The number of hydrogen-bond donors (Lipinski definition) is 0. The highest BCUT2D eigenvalue weighted by atomic mass is 16.5. The Morgan fingerprint density at radius 2 is 2.50 bits per heavy atom. The lowest BCUT2D eigenvalue weighted by molar-refractivity contribution is 0.182. The van der Waals surface area contributed by atoms with Gasteiger partial charge in [-0.05, 0) is 18.6 Å². The van der Waals surface area contributed by atoms with Crippen LogP contribution in [0.1, 0.15) is 6.42 Å². The van der Waals surface area contributed by atoms with Gasteiger partial charge in [0.2, 0.25) is 0 Å². The van der Waals surface area contributed by atoms with Crippen molar-refractivity contribution >= 4 is 0 Å². The number of ether oxygens (including phenoxy) is 1. The zero-order valence-corrected chi connectivity index (χ0v) is 9.00. The van der Waals surface area contributed by atoms with E-state index in [9.17, 15) is 0 Å². The fraction of sp³-hybridized carbons (Fsp3) is 0.417. The van der Waals surface area contributed by atoms with Gasteiger partial charge in [-0.3, -0.25) is 0 Å². The molecule has 3 heterocycles. The van der Waals surface area contributed by atoms with Gasteiger partial charge in [-0.1, -0.05) is 0 Å². The van der Waals surface area contributed by atoms with Crippen LogP contribution in [0.3, 0.4) is 0 Å². The summed E-state index contributed by atoms with van der Waals surface area (Å²) in [5, 5.41) is 0. The molecule has 0 N–H and O–H groups in total. The van der Waals surface area contributed by atoms with Crippen molar-refractivity contribution in [1.29, 1.82) is 0 Å². The van der Waals surface area contributed by atoms with E-state index in [4.69, 9.17) is 9.15 Å². The maximum Gasteiger partial charge on any atom is 0.176 e. The van der Waals surface area contributed by atoms with Crippen molar-refractivity contribution in [3.05, 3.63) is 30.8 Å². The molecule has 0 aromatic carbocycles. The summed E-state index contributed by atoms with van der Waals surface area (Å²) in [5.41, 5.74) is 0. The lowest BCUT2D eigenvalue weighted by atomic mass is 10.1. The molecule has 0 saturated carbocycles. The van der Waals surface area contributed by atoms with Gasteiger partial charge in [-0.15, -0.1) is 0 Å². The Hall–Kier alpha value is -1.55. The summed E-state index contributed by atoms with van der Waals surface area (Å²) in [6.07, 6.45) is 6.62. The van der Waals surface area contributed by atoms with Crippen LogP contribution in [0.15, 0.2) is 35.2 Å². The quantitative estimate of drug-likeness (QED) is 0.792. The predicted octanol–water partition coefficient (Wildman–Crippen LogP) is 2.18. The molecule has 4 heteroatoms. The fourth-order valence-corrected chi connectivity index (χ4v) is 2.09. The van der Waals surface area contributed by atoms with Gasteiger partial charge in [0.1, 0.15) is 0 Å². The molecule has 0 bridgehead atoms. The van der Waals surface area contributed by atoms with E-state index >= 15 is 0 Å². The topological polar surface area (TPSA) is 40.2 Å². The van der Waals surface area contributed by atoms with Crippen molar-refractivity contribution in [3.8, 4) is 11.6 Å². The van der Waals surface area contributed by atoms with Crippen molar-refractivity contribution in [2.45, 2.75) is 13.0 Å². The Morgan fingerprint density at radius 1 is 1.50 bits per heavy atom. The first kappa shape index (κ1) is 9.66. The molecule has 0 amide bonds. The van der Waals surface area contributed by atoms with E-state index in [1.54, 1.807) is 6.26 Å². The van der Waals surface area contributed by atoms with Gasteiger partial charge in [-0.2, -0.15) is 0 Å². The summed E-state index contributed by atoms with van der Waals surface area (Å²) < 4.78 is 12.9. The number of hydrogen-bond acceptors (Lipinski definition) is 3. The van der Waals surface area contributed by atoms with Gasteiger partial charge >= 0.3 is 0 Å². The van der Waals surface area contributed by atoms with Crippen LogP contribution < -0.4 is 0 Å². The normalized spacial score (nSPS) is 20.4. The number of nitrogens with zero attached hydrogens (tertiary/aromatic N) is 2. The molecule has 3 rings (SSSR count). The van der Waals surface area contributed by atoms with Gasteiger partial charge < -0.3 is 13.7 Å². The molecule has 1 saturated heterocycles. The molecule has 4 nitrogen and oxygen atoms in total. The Morgan fingerprint density at radius 3 is 3.25 bits per heavy atom. The van der Waals surface area contributed by atoms with Crippen molar-refractivity contribution in [1.82, 2.24) is 9.55 Å². The first-order valence-corrected chi connectivity index (χ1v) is 5.56. The maximum atomic E-state index is 5.38. The Kier molecular flexibility index (Phi) is 2.50. The van der Waals surface area contributed by atoms with Crippen LogP contribution in [0.25, 0.3) is 11.6 Å². The van der Waals surface area contributed by atoms with Gasteiger partial charge in [0.05, 0.1) is 12.9 Å². The van der Waals surface area contributed by atoms with Crippen LogP contribution in [-0.4, -0.2) is 22.8 Å². The van der Waals surface area contributed by atoms with Gasteiger partial charge in [0.25, 0.3) is 0 Å². The van der Waals surface area contributed by atoms with Gasteiger partial charge in [0.15, 0.2) is 11.6 Å². The minimum absolute atomic E-state index is 0.600. The number of imidazole rings is 1. The minimum atomic E-state index is 0.600. The summed E-state index contributed by atoms with van der Waals surface area (Å²) in [5.74, 6) is 2.32. The summed E-state index contributed by atoms with van der Waals surface area (Å²) in [6.45, 7) is 2.70. The second-order valence-electron chi connectivity index (χ2n) is 4.11. The van der Waals surface area contributed by atoms with Gasteiger partial charge in [-0.25, -0.2) is 4.98 Å². The summed E-state index contributed by atoms with van der Waals surface area (Å²) >= 11 is 0. The van der Waals surface area contributed by atoms with Crippen LogP contribution in [0.5, 0.6) is 0 Å². The zero-order valence-electron chi connectivity index (χ0n) is 9.00. The summed E-state index contributed by atoms with van der Waals surface area (Å²) in [6, 6.07) is 3.82. The summed E-state index contributed by atoms with van der Waals surface area (Å²) in [4.78, 5) is 4.33. The highest BCUT2D eigenvalue weighted by molar-refractivity contribution is 5.46. The minimum Gasteiger partial charge on any atom is -0.461 e. The Labute approximate surface area is 93.9 Å². The SMILES string of the molecule is c1coc(-c2nccn2CC2CCOC2)c1. The van der Waals surface area contributed by atoms with Crippen LogP contribution in [0.4, 0.5) is 0 Å². The molecule has 0 radical (unpaired) electrons. The molecule has 84 valence electrons. The van der Waals surface area contributed by atoms with E-state index in [0.717, 1.165) is 37.8 Å². The van der Waals surface area contributed by atoms with E-state index in [2.05, 4.69) is 9.55 Å². The maximum absolute atomic E-state index is 5.38. The first-order chi connectivity index (χ1) is 7.93. The standard InChI is InChI=1S/C12H14N2O2/c1-2-11(16-6-1)12-13-4-5-14(12)8-10-3-7-15-9-10/h1-2,4-6,10H,3,7-9H2. The highest BCUT2D eigenvalue weighted by Crippen LogP contribution is 2.21. The van der Waals surface area contributed by atoms with Crippen LogP contribution in [0.2, 0.25) is 0 Å². The van der Waals surface area contributed by atoms with E-state index in [1.165, 1.54) is 0 Å².